The molecule has 0 fully saturated rings. The molecule has 0 aromatic carbocycles. The predicted octanol–water partition coefficient (Wildman–Crippen LogP) is 24.3. The van der Waals surface area contributed by atoms with Gasteiger partial charge in [-0.3, -0.25) is 37.3 Å². The van der Waals surface area contributed by atoms with E-state index in [1.54, 1.807) is 0 Å². The molecular weight excluding hydrogens is 1400 g/mol. The van der Waals surface area contributed by atoms with Gasteiger partial charge in [-0.1, -0.05) is 287 Å². The first-order valence-electron chi connectivity index (χ1n) is 41.0. The Bertz CT molecular complexity index is 2760. The van der Waals surface area contributed by atoms with Crippen LogP contribution in [-0.4, -0.2) is 96.7 Å². The first kappa shape index (κ1) is 102. The molecule has 0 spiro atoms. The predicted molar refractivity (Wildman–Crippen MR) is 445 cm³/mol. The molecule has 0 heterocycles. The van der Waals surface area contributed by atoms with E-state index >= 15 is 0 Å². The zero-order chi connectivity index (χ0) is 78.9. The molecule has 5 atom stereocenters. The van der Waals surface area contributed by atoms with Gasteiger partial charge in [0.15, 0.2) is 12.2 Å². The molecule has 0 aromatic heterocycles. The molecule has 0 aliphatic rings. The number of aliphatic hydroxyl groups is 1. The minimum atomic E-state index is -5.02. The minimum absolute atomic E-state index is 0.000624. The van der Waals surface area contributed by atoms with E-state index in [9.17, 15) is 43.2 Å². The summed E-state index contributed by atoms with van der Waals surface area (Å²) in [4.78, 5) is 73.1. The molecule has 2 unspecified atom stereocenters. The van der Waals surface area contributed by atoms with Gasteiger partial charge in [0.25, 0.3) is 0 Å². The summed E-state index contributed by atoms with van der Waals surface area (Å²) in [5.74, 6) is -2.42. The summed E-state index contributed by atoms with van der Waals surface area (Å²) in [5.41, 5.74) is 0. The summed E-state index contributed by atoms with van der Waals surface area (Å²) < 4.78 is 68.5. The van der Waals surface area contributed by atoms with Gasteiger partial charge in [0.1, 0.15) is 19.3 Å². The molecule has 0 aliphatic carbocycles. The molecule has 0 saturated carbocycles. The van der Waals surface area contributed by atoms with E-state index in [1.165, 1.54) is 64.2 Å². The number of carbonyl (C=O) groups excluding carboxylic acids is 4. The fourth-order valence-corrected chi connectivity index (χ4v) is 11.7. The third-order valence-corrected chi connectivity index (χ3v) is 18.2. The van der Waals surface area contributed by atoms with Crippen LogP contribution in [0.2, 0.25) is 0 Å². The lowest BCUT2D eigenvalue weighted by Gasteiger charge is -2.21. The molecule has 17 nitrogen and oxygen atoms in total. The van der Waals surface area contributed by atoms with Crippen LogP contribution in [0.5, 0.6) is 0 Å². The van der Waals surface area contributed by atoms with Crippen LogP contribution in [0.4, 0.5) is 0 Å². The number of hydrogen-bond acceptors (Lipinski definition) is 15. The van der Waals surface area contributed by atoms with E-state index < -0.39 is 97.5 Å². The number of carbonyl (C=O) groups is 4. The van der Waals surface area contributed by atoms with E-state index in [0.29, 0.717) is 44.9 Å². The quantitative estimate of drug-likeness (QED) is 0.0169. The summed E-state index contributed by atoms with van der Waals surface area (Å²) in [6.07, 6.45) is 96.1. The molecule has 19 heteroatoms. The number of aliphatic hydroxyl groups excluding tert-OH is 1. The summed E-state index contributed by atoms with van der Waals surface area (Å²) in [6, 6.07) is 0. The first-order valence-corrected chi connectivity index (χ1v) is 44.0. The maximum Gasteiger partial charge on any atom is 0.472 e. The van der Waals surface area contributed by atoms with Crippen molar-refractivity contribution in [2.75, 3.05) is 39.6 Å². The molecule has 0 aromatic rings. The highest BCUT2D eigenvalue weighted by Crippen LogP contribution is 2.45. The Kier molecular flexibility index (Phi) is 75.0. The second-order valence-electron chi connectivity index (χ2n) is 26.6. The number of ether oxygens (including phenoxy) is 4. The largest absolute Gasteiger partial charge is 0.472 e. The lowest BCUT2D eigenvalue weighted by atomic mass is 10.1. The van der Waals surface area contributed by atoms with Gasteiger partial charge in [0, 0.05) is 25.7 Å². The first-order chi connectivity index (χ1) is 52.7. The standard InChI is InChI=1S/C89H144O17P2/c1-5-9-13-17-21-25-29-33-37-40-41-44-47-50-54-58-62-66-70-74-87(92)100-79-84(105-88(93)75-71-67-63-59-55-51-45-36-32-28-24-20-16-12-8-4)81-103-107(95,96)101-77-83(90)78-102-108(97,98)104-82-85(106-89(94)76-72-68-64-60-56-52-48-43-39-35-31-27-23-19-15-11-7-3)80-99-86(91)73-69-65-61-57-53-49-46-42-38-34-30-26-22-18-14-10-6-2/h9,13,21-23,25-28,32-35,37-39,41,44,46,48-50,52,54,57,60-62,64,66,83-85,90H,5-8,10-12,14-20,24,29-31,36,40,42-43,45,47,51,53,55-56,58-59,63,65,67-82H2,1-4H3,(H,95,96)(H,97,98)/b13-9-,25-21-,26-22-,27-23-,32-28-,37-33-,38-34-,39-35-,44-41-,49-46-,52-48-,54-50-,61-57-,64-60-,66-62-/t83-,84-,85-/m1/s1. The maximum atomic E-state index is 13.1. The van der Waals surface area contributed by atoms with Crippen LogP contribution in [-0.2, 0) is 65.4 Å². The van der Waals surface area contributed by atoms with Crippen molar-refractivity contribution in [1.29, 1.82) is 0 Å². The fraction of sp³-hybridized carbons (Fsp3) is 0.618. The lowest BCUT2D eigenvalue weighted by molar-refractivity contribution is -0.161. The van der Waals surface area contributed by atoms with Crippen LogP contribution >= 0.6 is 15.6 Å². The molecule has 0 rings (SSSR count). The van der Waals surface area contributed by atoms with Gasteiger partial charge in [-0.15, -0.1) is 0 Å². The third kappa shape index (κ3) is 78.3. The molecule has 108 heavy (non-hydrogen) atoms. The van der Waals surface area contributed by atoms with E-state index in [0.717, 1.165) is 135 Å². The van der Waals surface area contributed by atoms with Crippen molar-refractivity contribution in [3.8, 4) is 0 Å². The van der Waals surface area contributed by atoms with E-state index in [1.807, 2.05) is 42.5 Å². The van der Waals surface area contributed by atoms with Crippen LogP contribution in [0, 0.1) is 0 Å². The van der Waals surface area contributed by atoms with Crippen molar-refractivity contribution in [3.05, 3.63) is 182 Å². The van der Waals surface area contributed by atoms with Crippen molar-refractivity contribution >= 4 is 39.5 Å². The number of rotatable bonds is 75. The molecule has 0 aliphatic heterocycles. The molecule has 3 N–H and O–H groups in total. The summed E-state index contributed by atoms with van der Waals surface area (Å²) >= 11 is 0. The van der Waals surface area contributed by atoms with Crippen molar-refractivity contribution < 1.29 is 80.2 Å². The van der Waals surface area contributed by atoms with E-state index in [-0.39, 0.29) is 25.7 Å². The Hall–Kier alpha value is -5.84. The molecule has 0 bridgehead atoms. The smallest absolute Gasteiger partial charge is 0.462 e. The van der Waals surface area contributed by atoms with Gasteiger partial charge in [0.05, 0.1) is 26.4 Å². The highest BCUT2D eigenvalue weighted by Gasteiger charge is 2.30. The second-order valence-corrected chi connectivity index (χ2v) is 29.5. The van der Waals surface area contributed by atoms with Crippen LogP contribution in [0.25, 0.3) is 0 Å². The topological polar surface area (TPSA) is 237 Å². The molecule has 0 radical (unpaired) electrons. The monoisotopic (exact) mass is 1550 g/mol. The molecule has 612 valence electrons. The lowest BCUT2D eigenvalue weighted by Crippen LogP contribution is -2.30. The molecule has 0 amide bonds. The van der Waals surface area contributed by atoms with Crippen molar-refractivity contribution in [2.24, 2.45) is 0 Å². The fourth-order valence-electron chi connectivity index (χ4n) is 10.1. The van der Waals surface area contributed by atoms with Crippen molar-refractivity contribution in [2.45, 2.75) is 316 Å². The van der Waals surface area contributed by atoms with Gasteiger partial charge >= 0.3 is 39.5 Å². The minimum Gasteiger partial charge on any atom is -0.462 e. The number of unbranched alkanes of at least 4 members (excludes halogenated alkanes) is 19. The van der Waals surface area contributed by atoms with Crippen molar-refractivity contribution in [1.82, 2.24) is 0 Å². The highest BCUT2D eigenvalue weighted by molar-refractivity contribution is 7.47. The van der Waals surface area contributed by atoms with Gasteiger partial charge in [-0.05, 0) is 167 Å². The highest BCUT2D eigenvalue weighted by atomic mass is 31.2. The summed E-state index contributed by atoms with van der Waals surface area (Å²) in [7, 11) is -10.0. The Morgan fingerprint density at radius 2 is 0.509 bits per heavy atom. The van der Waals surface area contributed by atoms with E-state index in [2.05, 4.69) is 167 Å². The maximum absolute atomic E-state index is 13.1. The number of phosphoric acid groups is 2. The van der Waals surface area contributed by atoms with Gasteiger partial charge < -0.3 is 33.8 Å². The van der Waals surface area contributed by atoms with Crippen LogP contribution in [0.1, 0.15) is 297 Å². The van der Waals surface area contributed by atoms with Crippen LogP contribution < -0.4 is 0 Å². The molecule has 0 saturated heterocycles. The average Bonchev–Trinajstić information content (AvgIpc) is 0.901. The van der Waals surface area contributed by atoms with Crippen molar-refractivity contribution in [3.63, 3.8) is 0 Å². The second kappa shape index (κ2) is 79.3. The zero-order valence-corrected chi connectivity index (χ0v) is 68.7. The zero-order valence-electron chi connectivity index (χ0n) is 66.9. The summed E-state index contributed by atoms with van der Waals surface area (Å²) in [6.45, 7) is 4.46. The number of phosphoric ester groups is 2. The average molecular weight is 1550 g/mol. The van der Waals surface area contributed by atoms with E-state index in [4.69, 9.17) is 37.0 Å². The summed E-state index contributed by atoms with van der Waals surface area (Å²) in [5, 5.41) is 10.7. The SMILES string of the molecule is CC/C=C\C/C=C\C/C=C\C/C=C\C/C=C\C/C=C\CCC(=O)OC[C@H](COP(=O)(O)OC[C@@H](O)COP(=O)(O)OC[C@@H](COC(=O)CCC/C=C\C/C=C\C/C=C\C/C=C\CCCCC)OC(=O)CCC/C=C\C/C=C\C/C=C\C/C=C\CCCCC)OC(=O)CCCCCCCCC/C=C\CCCCCC. The van der Waals surface area contributed by atoms with Gasteiger partial charge in [-0.25, -0.2) is 9.13 Å². The van der Waals surface area contributed by atoms with Gasteiger partial charge in [0.2, 0.25) is 0 Å². The van der Waals surface area contributed by atoms with Crippen LogP contribution in [0.15, 0.2) is 182 Å². The van der Waals surface area contributed by atoms with Crippen LogP contribution in [0.3, 0.4) is 0 Å². The van der Waals surface area contributed by atoms with Gasteiger partial charge in [-0.2, -0.15) is 0 Å². The third-order valence-electron chi connectivity index (χ3n) is 16.3. The Morgan fingerprint density at radius 3 is 0.861 bits per heavy atom. The number of allylic oxidation sites excluding steroid dienone is 30. The Labute approximate surface area is 654 Å². The Morgan fingerprint density at radius 1 is 0.269 bits per heavy atom. The molecular formula is C89H144O17P2. The number of esters is 4. The Balaban J connectivity index is 5.55. The number of hydrogen-bond donors (Lipinski definition) is 3. The normalized spacial score (nSPS) is 14.8.